The lowest BCUT2D eigenvalue weighted by atomic mass is 9.93. The number of ether oxygens (including phenoxy) is 1. The molecule has 0 fully saturated rings. The van der Waals surface area contributed by atoms with Gasteiger partial charge in [0, 0.05) is 28.9 Å². The van der Waals surface area contributed by atoms with Crippen LogP contribution in [0.2, 0.25) is 0 Å². The zero-order chi connectivity index (χ0) is 26.2. The standard InChI is InChI=1S/C27H27N5O4S/c1-5-35-24(33)13-16-6-11-21-20(12-16)32-15-19(29-26(32)37-21)17-7-9-18(10-8-17)28-25(34)30-23-14-22(36-31-23)27(2,3)4/h6-12,14-15H,5,13H2,1-4H3,(H2,28,30,31,34). The predicted molar refractivity (Wildman–Crippen MR) is 144 cm³/mol. The van der Waals surface area contributed by atoms with E-state index in [9.17, 15) is 9.59 Å². The summed E-state index contributed by atoms with van der Waals surface area (Å²) >= 11 is 1.59. The van der Waals surface area contributed by atoms with Gasteiger partial charge < -0.3 is 14.6 Å². The zero-order valence-corrected chi connectivity index (χ0v) is 21.8. The molecule has 3 aromatic heterocycles. The van der Waals surface area contributed by atoms with Crippen LogP contribution in [0.3, 0.4) is 0 Å². The second-order valence-corrected chi connectivity index (χ2v) is 10.7. The number of imidazole rings is 1. The average molecular weight is 518 g/mol. The summed E-state index contributed by atoms with van der Waals surface area (Å²) in [5.41, 5.74) is 4.07. The van der Waals surface area contributed by atoms with E-state index in [1.165, 1.54) is 0 Å². The summed E-state index contributed by atoms with van der Waals surface area (Å²) in [6.45, 7) is 8.19. The molecule has 0 radical (unpaired) electrons. The van der Waals surface area contributed by atoms with Crippen molar-refractivity contribution in [3.63, 3.8) is 0 Å². The van der Waals surface area contributed by atoms with E-state index in [1.54, 1.807) is 24.3 Å². The molecule has 9 nitrogen and oxygen atoms in total. The molecule has 0 aliphatic rings. The number of carbonyl (C=O) groups is 2. The largest absolute Gasteiger partial charge is 0.466 e. The van der Waals surface area contributed by atoms with Crippen LogP contribution < -0.4 is 10.6 Å². The van der Waals surface area contributed by atoms with Crippen LogP contribution in [-0.4, -0.2) is 33.1 Å². The molecule has 5 aromatic rings. The third-order valence-corrected chi connectivity index (χ3v) is 6.78. The number of esters is 1. The lowest BCUT2D eigenvalue weighted by Crippen LogP contribution is -2.19. The summed E-state index contributed by atoms with van der Waals surface area (Å²) in [6, 6.07) is 14.7. The molecule has 0 aliphatic carbocycles. The Morgan fingerprint density at radius 1 is 1.08 bits per heavy atom. The Morgan fingerprint density at radius 2 is 1.86 bits per heavy atom. The second kappa shape index (κ2) is 9.70. The first-order chi connectivity index (χ1) is 17.7. The molecule has 0 atom stereocenters. The number of amides is 2. The fourth-order valence-corrected chi connectivity index (χ4v) is 4.85. The van der Waals surface area contributed by atoms with Crippen LogP contribution in [0.1, 0.15) is 39.0 Å². The SMILES string of the molecule is CCOC(=O)Cc1ccc2sc3nc(-c4ccc(NC(=O)Nc5cc(C(C)(C)C)on5)cc4)cn3c2c1. The zero-order valence-electron chi connectivity index (χ0n) is 21.0. The van der Waals surface area contributed by atoms with E-state index in [2.05, 4.69) is 15.8 Å². The Kier molecular flexibility index (Phi) is 6.43. The van der Waals surface area contributed by atoms with Gasteiger partial charge in [-0.25, -0.2) is 9.78 Å². The minimum absolute atomic E-state index is 0.196. The molecule has 3 heterocycles. The maximum absolute atomic E-state index is 12.4. The summed E-state index contributed by atoms with van der Waals surface area (Å²) in [5, 5.41) is 9.39. The Hall–Kier alpha value is -4.18. The Balaban J connectivity index is 1.29. The van der Waals surface area contributed by atoms with E-state index < -0.39 is 6.03 Å². The molecule has 0 unspecified atom stereocenters. The van der Waals surface area contributed by atoms with Gasteiger partial charge in [0.2, 0.25) is 0 Å². The van der Waals surface area contributed by atoms with E-state index in [4.69, 9.17) is 14.2 Å². The maximum Gasteiger partial charge on any atom is 0.324 e. The van der Waals surface area contributed by atoms with Crippen molar-refractivity contribution in [3.05, 3.63) is 66.1 Å². The quantitative estimate of drug-likeness (QED) is 0.258. The van der Waals surface area contributed by atoms with Gasteiger partial charge in [0.15, 0.2) is 10.8 Å². The van der Waals surface area contributed by atoms with E-state index in [1.807, 2.05) is 73.8 Å². The summed E-state index contributed by atoms with van der Waals surface area (Å²) in [5.74, 6) is 0.808. The summed E-state index contributed by atoms with van der Waals surface area (Å²) in [7, 11) is 0. The number of hydrogen-bond donors (Lipinski definition) is 2. The second-order valence-electron chi connectivity index (χ2n) is 9.65. The lowest BCUT2D eigenvalue weighted by molar-refractivity contribution is -0.142. The minimum atomic E-state index is -0.408. The Bertz CT molecular complexity index is 1590. The van der Waals surface area contributed by atoms with Crippen LogP contribution >= 0.6 is 11.3 Å². The highest BCUT2D eigenvalue weighted by Crippen LogP contribution is 2.31. The van der Waals surface area contributed by atoms with Crippen LogP contribution in [-0.2, 0) is 21.4 Å². The first-order valence-corrected chi connectivity index (χ1v) is 12.7. The Labute approximate surface area is 217 Å². The van der Waals surface area contributed by atoms with E-state index in [-0.39, 0.29) is 17.8 Å². The molecule has 190 valence electrons. The van der Waals surface area contributed by atoms with Gasteiger partial charge in [-0.3, -0.25) is 14.5 Å². The molecule has 2 N–H and O–H groups in total. The van der Waals surface area contributed by atoms with Crippen molar-refractivity contribution < 1.29 is 18.8 Å². The Morgan fingerprint density at radius 3 is 2.57 bits per heavy atom. The number of nitrogens with zero attached hydrogens (tertiary/aromatic N) is 3. The highest BCUT2D eigenvalue weighted by Gasteiger charge is 2.20. The van der Waals surface area contributed by atoms with Gasteiger partial charge in [0.05, 0.1) is 28.9 Å². The monoisotopic (exact) mass is 517 g/mol. The lowest BCUT2D eigenvalue weighted by Gasteiger charge is -2.12. The molecule has 2 amide bonds. The van der Waals surface area contributed by atoms with Crippen LogP contribution in [0.4, 0.5) is 16.3 Å². The van der Waals surface area contributed by atoms with Gasteiger partial charge in [-0.05, 0) is 36.8 Å². The van der Waals surface area contributed by atoms with Gasteiger partial charge in [0.1, 0.15) is 5.76 Å². The normalized spacial score (nSPS) is 11.7. The molecule has 37 heavy (non-hydrogen) atoms. The number of benzene rings is 2. The van der Waals surface area contributed by atoms with Gasteiger partial charge >= 0.3 is 12.0 Å². The smallest absolute Gasteiger partial charge is 0.324 e. The third-order valence-electron chi connectivity index (χ3n) is 5.74. The number of nitrogens with one attached hydrogen (secondary N) is 2. The molecule has 0 bridgehead atoms. The molecule has 0 aliphatic heterocycles. The number of anilines is 2. The number of carbonyl (C=O) groups excluding carboxylic acids is 2. The van der Waals surface area contributed by atoms with Crippen molar-refractivity contribution in [1.82, 2.24) is 14.5 Å². The van der Waals surface area contributed by atoms with Crippen molar-refractivity contribution >= 4 is 50.0 Å². The maximum atomic E-state index is 12.4. The molecular formula is C27H27N5O4S. The number of rotatable bonds is 6. The van der Waals surface area contributed by atoms with E-state index in [0.29, 0.717) is 23.9 Å². The first-order valence-electron chi connectivity index (χ1n) is 11.9. The summed E-state index contributed by atoms with van der Waals surface area (Å²) in [6.07, 6.45) is 2.22. The van der Waals surface area contributed by atoms with Crippen molar-refractivity contribution in [2.45, 2.75) is 39.5 Å². The van der Waals surface area contributed by atoms with E-state index in [0.717, 1.165) is 32.0 Å². The van der Waals surface area contributed by atoms with Crippen molar-refractivity contribution in [3.8, 4) is 11.3 Å². The molecular weight excluding hydrogens is 490 g/mol. The van der Waals surface area contributed by atoms with Gasteiger partial charge in [0.25, 0.3) is 0 Å². The first kappa shape index (κ1) is 24.5. The average Bonchev–Trinajstić information content (AvgIpc) is 3.54. The minimum Gasteiger partial charge on any atom is -0.466 e. The summed E-state index contributed by atoms with van der Waals surface area (Å²) in [4.78, 5) is 29.9. The summed E-state index contributed by atoms with van der Waals surface area (Å²) < 4.78 is 13.5. The van der Waals surface area contributed by atoms with Crippen molar-refractivity contribution in [1.29, 1.82) is 0 Å². The van der Waals surface area contributed by atoms with Crippen LogP contribution in [0.15, 0.2) is 59.3 Å². The third kappa shape index (κ3) is 5.34. The number of fused-ring (bicyclic) bond motifs is 3. The number of aromatic nitrogens is 3. The van der Waals surface area contributed by atoms with Crippen molar-refractivity contribution in [2.24, 2.45) is 0 Å². The topological polar surface area (TPSA) is 111 Å². The molecule has 10 heteroatoms. The number of hydrogen-bond acceptors (Lipinski definition) is 7. The van der Waals surface area contributed by atoms with Crippen LogP contribution in [0, 0.1) is 0 Å². The molecule has 0 spiro atoms. The molecule has 0 saturated heterocycles. The molecule has 0 saturated carbocycles. The van der Waals surface area contributed by atoms with Gasteiger partial charge in [-0.2, -0.15) is 0 Å². The number of urea groups is 1. The van der Waals surface area contributed by atoms with Crippen molar-refractivity contribution in [2.75, 3.05) is 17.2 Å². The van der Waals surface area contributed by atoms with Crippen LogP contribution in [0.5, 0.6) is 0 Å². The highest BCUT2D eigenvalue weighted by atomic mass is 32.1. The predicted octanol–water partition coefficient (Wildman–Crippen LogP) is 6.25. The number of thiazole rings is 1. The van der Waals surface area contributed by atoms with Gasteiger partial charge in [-0.15, -0.1) is 0 Å². The molecule has 2 aromatic carbocycles. The van der Waals surface area contributed by atoms with Crippen LogP contribution in [0.25, 0.3) is 26.4 Å². The fraction of sp³-hybridized carbons (Fsp3) is 0.259. The fourth-order valence-electron chi connectivity index (χ4n) is 3.86. The highest BCUT2D eigenvalue weighted by molar-refractivity contribution is 7.23. The molecule has 5 rings (SSSR count). The van der Waals surface area contributed by atoms with Gasteiger partial charge in [-0.1, -0.05) is 55.5 Å². The van der Waals surface area contributed by atoms with E-state index >= 15 is 0 Å².